The molecule has 0 radical (unpaired) electrons. The van der Waals surface area contributed by atoms with E-state index in [0.717, 1.165) is 48.5 Å². The standard InChI is InChI=1S/C21H22FN5O3S/c22-17-10-16(31(23,29)30)4-5-18(17)25-20-24-12-13-8-14-9-15(28)11-21(6-2-1-3-7-21)27(14)19(13)26-20/h4-5,8,10,12H,1-3,6-7,9,11H2,(H2,23,29,30)(H,24,25,26). The molecule has 3 heterocycles. The van der Waals surface area contributed by atoms with Crippen LogP contribution in [0.3, 0.4) is 0 Å². The van der Waals surface area contributed by atoms with Gasteiger partial charge in [-0.1, -0.05) is 19.3 Å². The maximum atomic E-state index is 14.4. The predicted octanol–water partition coefficient (Wildman–Crippen LogP) is 3.14. The minimum atomic E-state index is -4.00. The fraction of sp³-hybridized carbons (Fsp3) is 0.381. The Morgan fingerprint density at radius 1 is 1.16 bits per heavy atom. The summed E-state index contributed by atoms with van der Waals surface area (Å²) in [7, 11) is -4.00. The van der Waals surface area contributed by atoms with E-state index in [4.69, 9.17) is 5.14 Å². The van der Waals surface area contributed by atoms with Crippen LogP contribution in [0, 0.1) is 5.82 Å². The van der Waals surface area contributed by atoms with Gasteiger partial charge in [0.15, 0.2) is 0 Å². The third-order valence-electron chi connectivity index (χ3n) is 6.30. The molecule has 1 aliphatic heterocycles. The minimum absolute atomic E-state index is 0.0414. The summed E-state index contributed by atoms with van der Waals surface area (Å²) in [5, 5.41) is 8.72. The Kier molecular flexibility index (Phi) is 4.60. The Labute approximate surface area is 178 Å². The number of nitrogens with one attached hydrogen (secondary N) is 1. The topological polar surface area (TPSA) is 120 Å². The van der Waals surface area contributed by atoms with Gasteiger partial charge in [0.05, 0.1) is 16.1 Å². The van der Waals surface area contributed by atoms with Crippen LogP contribution < -0.4 is 10.5 Å². The molecule has 162 valence electrons. The summed E-state index contributed by atoms with van der Waals surface area (Å²) in [6.45, 7) is 0. The summed E-state index contributed by atoms with van der Waals surface area (Å²) in [4.78, 5) is 21.1. The second kappa shape index (κ2) is 7.10. The van der Waals surface area contributed by atoms with Gasteiger partial charge in [-0.25, -0.2) is 22.9 Å². The number of fused-ring (bicyclic) bond motifs is 4. The lowest BCUT2D eigenvalue weighted by Crippen LogP contribution is -2.43. The number of anilines is 2. The Balaban J connectivity index is 1.56. The number of halogens is 1. The van der Waals surface area contributed by atoms with Crippen molar-refractivity contribution in [2.24, 2.45) is 5.14 Å². The van der Waals surface area contributed by atoms with Crippen LogP contribution in [0.25, 0.3) is 11.0 Å². The van der Waals surface area contributed by atoms with Crippen LogP contribution in [-0.4, -0.2) is 28.7 Å². The normalized spacial score (nSPS) is 18.3. The Morgan fingerprint density at radius 2 is 1.94 bits per heavy atom. The van der Waals surface area contributed by atoms with Crippen LogP contribution in [-0.2, 0) is 26.8 Å². The SMILES string of the molecule is NS(=O)(=O)c1ccc(Nc2ncc3cc4n(c3n2)C2(CCCCC2)CC(=O)C4)c(F)c1. The molecule has 1 spiro atoms. The van der Waals surface area contributed by atoms with Gasteiger partial charge in [-0.2, -0.15) is 4.98 Å². The zero-order chi connectivity index (χ0) is 21.8. The van der Waals surface area contributed by atoms with E-state index in [9.17, 15) is 17.6 Å². The van der Waals surface area contributed by atoms with Crippen molar-refractivity contribution in [3.63, 3.8) is 0 Å². The molecule has 0 saturated heterocycles. The van der Waals surface area contributed by atoms with Crippen molar-refractivity contribution in [2.45, 2.75) is 55.4 Å². The van der Waals surface area contributed by atoms with Gasteiger partial charge >= 0.3 is 0 Å². The van der Waals surface area contributed by atoms with E-state index in [1.54, 1.807) is 6.20 Å². The van der Waals surface area contributed by atoms with Gasteiger partial charge in [-0.3, -0.25) is 4.79 Å². The molecule has 1 aromatic carbocycles. The van der Waals surface area contributed by atoms with Gasteiger partial charge in [0.1, 0.15) is 17.2 Å². The Hall–Kier alpha value is -2.85. The molecular formula is C21H22FN5O3S. The number of Topliss-reactive ketones (excluding diaryl/α,β-unsaturated/α-hetero) is 1. The number of sulfonamides is 1. The van der Waals surface area contributed by atoms with Gasteiger partial charge < -0.3 is 9.88 Å². The zero-order valence-corrected chi connectivity index (χ0v) is 17.6. The van der Waals surface area contributed by atoms with Crippen LogP contribution in [0.2, 0.25) is 0 Å². The average molecular weight is 444 g/mol. The molecule has 0 bridgehead atoms. The minimum Gasteiger partial charge on any atom is -0.322 e. The molecule has 5 rings (SSSR count). The highest BCUT2D eigenvalue weighted by molar-refractivity contribution is 7.89. The van der Waals surface area contributed by atoms with Crippen LogP contribution in [0.5, 0.6) is 0 Å². The largest absolute Gasteiger partial charge is 0.322 e. The fourth-order valence-corrected chi connectivity index (χ4v) is 5.50. The molecule has 1 aliphatic carbocycles. The van der Waals surface area contributed by atoms with Crippen molar-refractivity contribution in [2.75, 3.05) is 5.32 Å². The number of benzene rings is 1. The summed E-state index contributed by atoms with van der Waals surface area (Å²) < 4.78 is 39.5. The molecule has 31 heavy (non-hydrogen) atoms. The lowest BCUT2D eigenvalue weighted by molar-refractivity contribution is -0.122. The number of hydrogen-bond acceptors (Lipinski definition) is 6. The van der Waals surface area contributed by atoms with Crippen molar-refractivity contribution in [3.8, 4) is 0 Å². The monoisotopic (exact) mass is 443 g/mol. The number of carbonyl (C=O) groups is 1. The number of nitrogens with zero attached hydrogens (tertiary/aromatic N) is 3. The number of carbonyl (C=O) groups excluding carboxylic acids is 1. The highest BCUT2D eigenvalue weighted by Gasteiger charge is 2.41. The summed E-state index contributed by atoms with van der Waals surface area (Å²) in [6.07, 6.45) is 7.74. The van der Waals surface area contributed by atoms with E-state index in [1.807, 2.05) is 6.07 Å². The van der Waals surface area contributed by atoms with Crippen molar-refractivity contribution in [3.05, 3.63) is 42.0 Å². The first-order chi connectivity index (χ1) is 14.7. The second-order valence-corrected chi connectivity index (χ2v) is 9.99. The number of primary sulfonamides is 1. The summed E-state index contributed by atoms with van der Waals surface area (Å²) in [6, 6.07) is 5.34. The van der Waals surface area contributed by atoms with E-state index in [0.29, 0.717) is 12.8 Å². The number of nitrogens with two attached hydrogens (primary N) is 1. The molecule has 3 N–H and O–H groups in total. The average Bonchev–Trinajstić information content (AvgIpc) is 3.07. The summed E-state index contributed by atoms with van der Waals surface area (Å²) in [5.41, 5.74) is 1.46. The van der Waals surface area contributed by atoms with Crippen molar-refractivity contribution in [1.29, 1.82) is 0 Å². The Morgan fingerprint density at radius 3 is 2.65 bits per heavy atom. The van der Waals surface area contributed by atoms with Gasteiger partial charge in [-0.15, -0.1) is 0 Å². The first kappa shape index (κ1) is 20.1. The molecule has 0 unspecified atom stereocenters. The third-order valence-corrected chi connectivity index (χ3v) is 7.21. The van der Waals surface area contributed by atoms with Gasteiger partial charge in [0.25, 0.3) is 0 Å². The summed E-state index contributed by atoms with van der Waals surface area (Å²) in [5.74, 6) is -0.333. The first-order valence-electron chi connectivity index (χ1n) is 10.2. The molecule has 0 amide bonds. The Bertz CT molecular complexity index is 1310. The third kappa shape index (κ3) is 3.49. The molecule has 1 fully saturated rings. The highest BCUT2D eigenvalue weighted by Crippen LogP contribution is 2.44. The van der Waals surface area contributed by atoms with Crippen LogP contribution in [0.15, 0.2) is 35.4 Å². The predicted molar refractivity (Wildman–Crippen MR) is 113 cm³/mol. The van der Waals surface area contributed by atoms with E-state index >= 15 is 0 Å². The number of aromatic nitrogens is 3. The zero-order valence-electron chi connectivity index (χ0n) is 16.8. The number of rotatable bonds is 3. The van der Waals surface area contributed by atoms with Crippen molar-refractivity contribution < 1.29 is 17.6 Å². The van der Waals surface area contributed by atoms with E-state index in [2.05, 4.69) is 19.9 Å². The molecule has 8 nitrogen and oxygen atoms in total. The van der Waals surface area contributed by atoms with E-state index < -0.39 is 15.8 Å². The fourth-order valence-electron chi connectivity index (χ4n) is 4.98. The highest BCUT2D eigenvalue weighted by atomic mass is 32.2. The maximum Gasteiger partial charge on any atom is 0.238 e. The molecule has 2 aliphatic rings. The van der Waals surface area contributed by atoms with Gasteiger partial charge in [0.2, 0.25) is 16.0 Å². The number of hydrogen-bond donors (Lipinski definition) is 2. The smallest absolute Gasteiger partial charge is 0.238 e. The molecule has 0 atom stereocenters. The van der Waals surface area contributed by atoms with Crippen LogP contribution in [0.1, 0.15) is 44.2 Å². The second-order valence-electron chi connectivity index (χ2n) is 8.43. The summed E-state index contributed by atoms with van der Waals surface area (Å²) >= 11 is 0. The van der Waals surface area contributed by atoms with E-state index in [1.165, 1.54) is 18.6 Å². The molecule has 1 saturated carbocycles. The van der Waals surface area contributed by atoms with Crippen molar-refractivity contribution >= 4 is 38.5 Å². The lowest BCUT2D eigenvalue weighted by Gasteiger charge is -2.42. The van der Waals surface area contributed by atoms with Crippen LogP contribution >= 0.6 is 0 Å². The van der Waals surface area contributed by atoms with Gasteiger partial charge in [0, 0.05) is 30.1 Å². The molecular weight excluding hydrogens is 421 g/mol. The molecule has 3 aromatic rings. The van der Waals surface area contributed by atoms with E-state index in [-0.39, 0.29) is 27.9 Å². The lowest BCUT2D eigenvalue weighted by atomic mass is 9.75. The van der Waals surface area contributed by atoms with Gasteiger partial charge in [-0.05, 0) is 37.1 Å². The number of ketones is 1. The first-order valence-corrected chi connectivity index (χ1v) is 11.8. The van der Waals surface area contributed by atoms with Crippen molar-refractivity contribution in [1.82, 2.24) is 14.5 Å². The molecule has 10 heteroatoms. The maximum absolute atomic E-state index is 14.4. The van der Waals surface area contributed by atoms with Crippen LogP contribution in [0.4, 0.5) is 16.0 Å². The quantitative estimate of drug-likeness (QED) is 0.642. The molecule has 2 aromatic heterocycles.